The molecule has 1 aromatic heterocycles. The number of fused-ring (bicyclic) bond motifs is 1. The molecule has 0 atom stereocenters. The molecule has 2 amide bonds. The molecule has 1 aliphatic heterocycles. The third-order valence-electron chi connectivity index (χ3n) is 3.07. The normalized spacial score (nSPS) is 16.3. The first-order valence-electron chi connectivity index (χ1n) is 5.52. The highest BCUT2D eigenvalue weighted by atomic mass is 16.3. The molecular formula is C12H15NO4. The summed E-state index contributed by atoms with van der Waals surface area (Å²) in [6.07, 6.45) is 1.87. The molecule has 0 saturated carbocycles. The lowest BCUT2D eigenvalue weighted by molar-refractivity contribution is -0.133. The van der Waals surface area contributed by atoms with Crippen molar-refractivity contribution >= 4 is 11.8 Å². The number of furan rings is 1. The number of carbonyl (C=O) groups excluding carboxylic acids is 2. The Bertz CT molecular complexity index is 461. The minimum atomic E-state index is -0.683. The zero-order chi connectivity index (χ0) is 12.6. The standard InChI is InChI=1S/C12H15NO4/c1-12(2,4-5-14)13-10(15)7-9-8(11(13)16)3-6-17-9/h3,6,14H,4-5,7H2,1-2H3. The molecule has 0 aromatic carbocycles. The Balaban J connectivity index is 2.37. The van der Waals surface area contributed by atoms with Crippen LogP contribution in [-0.4, -0.2) is 34.0 Å². The van der Waals surface area contributed by atoms with Crippen molar-refractivity contribution in [3.63, 3.8) is 0 Å². The molecule has 2 heterocycles. The summed E-state index contributed by atoms with van der Waals surface area (Å²) in [7, 11) is 0. The summed E-state index contributed by atoms with van der Waals surface area (Å²) in [5, 5.41) is 8.99. The number of aliphatic hydroxyl groups is 1. The Hall–Kier alpha value is -1.62. The number of rotatable bonds is 3. The van der Waals surface area contributed by atoms with Gasteiger partial charge in [0.15, 0.2) is 0 Å². The van der Waals surface area contributed by atoms with Gasteiger partial charge in [0.1, 0.15) is 5.76 Å². The fourth-order valence-electron chi connectivity index (χ4n) is 2.12. The Kier molecular flexibility index (Phi) is 2.79. The molecule has 17 heavy (non-hydrogen) atoms. The molecule has 5 heteroatoms. The number of hydrogen-bond acceptors (Lipinski definition) is 4. The largest absolute Gasteiger partial charge is 0.468 e. The number of carbonyl (C=O) groups is 2. The lowest BCUT2D eigenvalue weighted by atomic mass is 9.94. The Morgan fingerprint density at radius 1 is 1.47 bits per heavy atom. The van der Waals surface area contributed by atoms with E-state index < -0.39 is 5.54 Å². The molecular weight excluding hydrogens is 222 g/mol. The van der Waals surface area contributed by atoms with Crippen molar-refractivity contribution in [1.82, 2.24) is 4.90 Å². The number of aliphatic hydroxyl groups excluding tert-OH is 1. The van der Waals surface area contributed by atoms with Crippen LogP contribution in [0.4, 0.5) is 0 Å². The van der Waals surface area contributed by atoms with Crippen molar-refractivity contribution in [2.45, 2.75) is 32.2 Å². The predicted molar refractivity (Wildman–Crippen MR) is 59.4 cm³/mol. The summed E-state index contributed by atoms with van der Waals surface area (Å²) in [6.45, 7) is 3.47. The van der Waals surface area contributed by atoms with E-state index in [1.165, 1.54) is 11.2 Å². The molecule has 5 nitrogen and oxygen atoms in total. The first kappa shape index (κ1) is 11.9. The van der Waals surface area contributed by atoms with Gasteiger partial charge in [-0.3, -0.25) is 14.5 Å². The lowest BCUT2D eigenvalue weighted by Gasteiger charge is -2.38. The maximum Gasteiger partial charge on any atom is 0.264 e. The van der Waals surface area contributed by atoms with Crippen LogP contribution < -0.4 is 0 Å². The van der Waals surface area contributed by atoms with E-state index in [9.17, 15) is 9.59 Å². The van der Waals surface area contributed by atoms with Gasteiger partial charge in [-0.1, -0.05) is 0 Å². The highest BCUT2D eigenvalue weighted by Gasteiger charge is 2.41. The molecule has 2 rings (SSSR count). The third kappa shape index (κ3) is 1.86. The van der Waals surface area contributed by atoms with Crippen molar-refractivity contribution in [1.29, 1.82) is 0 Å². The summed E-state index contributed by atoms with van der Waals surface area (Å²) in [6, 6.07) is 1.58. The average Bonchev–Trinajstić information content (AvgIpc) is 2.64. The monoisotopic (exact) mass is 237 g/mol. The molecule has 1 aromatic rings. The van der Waals surface area contributed by atoms with E-state index in [-0.39, 0.29) is 24.8 Å². The van der Waals surface area contributed by atoms with Gasteiger partial charge in [-0.05, 0) is 26.3 Å². The summed E-state index contributed by atoms with van der Waals surface area (Å²) < 4.78 is 5.10. The van der Waals surface area contributed by atoms with Gasteiger partial charge in [0, 0.05) is 12.1 Å². The third-order valence-corrected chi connectivity index (χ3v) is 3.07. The number of nitrogens with zero attached hydrogens (tertiary/aromatic N) is 1. The summed E-state index contributed by atoms with van der Waals surface area (Å²) >= 11 is 0. The second kappa shape index (κ2) is 4.00. The van der Waals surface area contributed by atoms with Crippen LogP contribution in [0.3, 0.4) is 0 Å². The van der Waals surface area contributed by atoms with Gasteiger partial charge in [-0.2, -0.15) is 0 Å². The molecule has 1 N–H and O–H groups in total. The van der Waals surface area contributed by atoms with E-state index >= 15 is 0 Å². The van der Waals surface area contributed by atoms with Gasteiger partial charge >= 0.3 is 0 Å². The first-order valence-corrected chi connectivity index (χ1v) is 5.52. The summed E-state index contributed by atoms with van der Waals surface area (Å²) in [5.41, 5.74) is -0.242. The smallest absolute Gasteiger partial charge is 0.264 e. The van der Waals surface area contributed by atoms with E-state index in [2.05, 4.69) is 0 Å². The van der Waals surface area contributed by atoms with E-state index in [4.69, 9.17) is 9.52 Å². The van der Waals surface area contributed by atoms with Crippen molar-refractivity contribution in [2.75, 3.05) is 6.61 Å². The number of amides is 2. The van der Waals surface area contributed by atoms with Crippen LogP contribution in [0.2, 0.25) is 0 Å². The minimum absolute atomic E-state index is 0.0672. The highest BCUT2D eigenvalue weighted by Crippen LogP contribution is 2.28. The molecule has 0 fully saturated rings. The molecule has 0 spiro atoms. The Labute approximate surface area is 99.0 Å². The molecule has 0 bridgehead atoms. The van der Waals surface area contributed by atoms with Gasteiger partial charge in [0.25, 0.3) is 5.91 Å². The summed E-state index contributed by atoms with van der Waals surface area (Å²) in [4.78, 5) is 25.3. The van der Waals surface area contributed by atoms with E-state index in [1.54, 1.807) is 19.9 Å². The first-order chi connectivity index (χ1) is 7.97. The minimum Gasteiger partial charge on any atom is -0.468 e. The van der Waals surface area contributed by atoms with Crippen molar-refractivity contribution < 1.29 is 19.1 Å². The zero-order valence-electron chi connectivity index (χ0n) is 9.90. The van der Waals surface area contributed by atoms with Gasteiger partial charge in [0.05, 0.1) is 18.2 Å². The van der Waals surface area contributed by atoms with E-state index in [1.807, 2.05) is 0 Å². The lowest BCUT2D eigenvalue weighted by Crippen LogP contribution is -2.54. The molecule has 0 radical (unpaired) electrons. The molecule has 92 valence electrons. The van der Waals surface area contributed by atoms with Crippen LogP contribution >= 0.6 is 0 Å². The van der Waals surface area contributed by atoms with Crippen LogP contribution in [0.5, 0.6) is 0 Å². The maximum absolute atomic E-state index is 12.2. The second-order valence-electron chi connectivity index (χ2n) is 4.75. The predicted octanol–water partition coefficient (Wildman–Crippen LogP) is 0.966. The fourth-order valence-corrected chi connectivity index (χ4v) is 2.12. The Morgan fingerprint density at radius 3 is 2.82 bits per heavy atom. The highest BCUT2D eigenvalue weighted by molar-refractivity contribution is 6.09. The van der Waals surface area contributed by atoms with Crippen LogP contribution in [0.25, 0.3) is 0 Å². The van der Waals surface area contributed by atoms with Crippen LogP contribution in [0.1, 0.15) is 36.4 Å². The van der Waals surface area contributed by atoms with Crippen molar-refractivity contribution in [3.05, 3.63) is 23.7 Å². The number of imide groups is 1. The van der Waals surface area contributed by atoms with Gasteiger partial charge < -0.3 is 9.52 Å². The quantitative estimate of drug-likeness (QED) is 0.795. The van der Waals surface area contributed by atoms with Crippen LogP contribution in [-0.2, 0) is 11.2 Å². The second-order valence-corrected chi connectivity index (χ2v) is 4.75. The topological polar surface area (TPSA) is 70.8 Å². The Morgan fingerprint density at radius 2 is 2.18 bits per heavy atom. The maximum atomic E-state index is 12.2. The number of hydrogen-bond donors (Lipinski definition) is 1. The van der Waals surface area contributed by atoms with Gasteiger partial charge in [-0.15, -0.1) is 0 Å². The van der Waals surface area contributed by atoms with Gasteiger partial charge in [-0.25, -0.2) is 0 Å². The van der Waals surface area contributed by atoms with Gasteiger partial charge in [0.2, 0.25) is 5.91 Å². The molecule has 0 saturated heterocycles. The summed E-state index contributed by atoms with van der Waals surface area (Å²) in [5.74, 6) is -0.199. The van der Waals surface area contributed by atoms with Crippen LogP contribution in [0, 0.1) is 0 Å². The SMILES string of the molecule is CC(C)(CCO)N1C(=O)Cc2occc2C1=O. The molecule has 0 unspecified atom stereocenters. The van der Waals surface area contributed by atoms with E-state index in [0.29, 0.717) is 17.7 Å². The van der Waals surface area contributed by atoms with Crippen molar-refractivity contribution in [2.24, 2.45) is 0 Å². The van der Waals surface area contributed by atoms with Crippen LogP contribution in [0.15, 0.2) is 16.7 Å². The van der Waals surface area contributed by atoms with E-state index in [0.717, 1.165) is 0 Å². The zero-order valence-corrected chi connectivity index (χ0v) is 9.90. The van der Waals surface area contributed by atoms with Crippen molar-refractivity contribution in [3.8, 4) is 0 Å². The average molecular weight is 237 g/mol. The molecule has 1 aliphatic rings. The fraction of sp³-hybridized carbons (Fsp3) is 0.500. The molecule has 0 aliphatic carbocycles.